The number of nitrogens with two attached hydrogens (primary N) is 3. The summed E-state index contributed by atoms with van der Waals surface area (Å²) >= 11 is 4.66. The predicted molar refractivity (Wildman–Crippen MR) is 111 cm³/mol. The number of hydrogen-bond acceptors (Lipinski definition) is 8. The fraction of sp³-hybridized carbons (Fsp3) is 0.438. The summed E-state index contributed by atoms with van der Waals surface area (Å²) in [5.74, 6) is 0.404. The van der Waals surface area contributed by atoms with Gasteiger partial charge in [-0.25, -0.2) is 4.99 Å². The second-order valence-corrected chi connectivity index (χ2v) is 8.61. The van der Waals surface area contributed by atoms with Gasteiger partial charge in [-0.15, -0.1) is 0 Å². The number of hydrogen-bond donors (Lipinski definition) is 6. The quantitative estimate of drug-likeness (QED) is 0.156. The minimum Gasteiger partial charge on any atom is -0.370 e. The number of halogens is 1. The average Bonchev–Trinajstić information content (AvgIpc) is 2.53. The van der Waals surface area contributed by atoms with Crippen LogP contribution in [0.2, 0.25) is 0 Å². The number of aryl methyl sites for hydroxylation is 1. The van der Waals surface area contributed by atoms with Crippen molar-refractivity contribution in [3.8, 4) is 0 Å². The molecule has 0 aliphatic carbocycles. The molecule has 0 saturated heterocycles. The molecule has 1 aliphatic rings. The Morgan fingerprint density at radius 3 is 2.80 bits per heavy atom. The first-order chi connectivity index (χ1) is 11.9. The summed E-state index contributed by atoms with van der Waals surface area (Å²) in [7, 11) is 0. The van der Waals surface area contributed by atoms with Crippen molar-refractivity contribution < 1.29 is 0 Å². The van der Waals surface area contributed by atoms with E-state index in [-0.39, 0.29) is 15.9 Å². The summed E-state index contributed by atoms with van der Waals surface area (Å²) in [4.78, 5) is 4.38. The van der Waals surface area contributed by atoms with E-state index in [1.807, 2.05) is 12.1 Å². The molecule has 3 atom stereocenters. The van der Waals surface area contributed by atoms with Gasteiger partial charge >= 0.3 is 0 Å². The molecule has 1 aromatic carbocycles. The van der Waals surface area contributed by atoms with Crippen LogP contribution >= 0.6 is 27.7 Å². The molecule has 7 nitrogen and oxygen atoms in total. The largest absolute Gasteiger partial charge is 0.370 e. The molecule has 1 heterocycles. The summed E-state index contributed by atoms with van der Waals surface area (Å²) in [6, 6.07) is 6.22. The average molecular weight is 428 g/mol. The molecule has 1 aliphatic heterocycles. The number of thioether (sulfide) groups is 1. The smallest absolute Gasteiger partial charge is 0.195 e. The highest BCUT2D eigenvalue weighted by Gasteiger charge is 2.16. The van der Waals surface area contributed by atoms with Crippen LogP contribution in [0.5, 0.6) is 0 Å². The van der Waals surface area contributed by atoms with E-state index >= 15 is 0 Å². The van der Waals surface area contributed by atoms with Gasteiger partial charge in [0.25, 0.3) is 0 Å². The normalized spacial score (nSPS) is 19.6. The molecule has 0 amide bonds. The highest BCUT2D eigenvalue weighted by molar-refractivity contribution is 9.11. The molecule has 0 radical (unpaired) electrons. The molecule has 0 bridgehead atoms. The molecule has 25 heavy (non-hydrogen) atoms. The second-order valence-electron chi connectivity index (χ2n) is 5.73. The lowest BCUT2D eigenvalue weighted by Gasteiger charge is -2.23. The lowest BCUT2D eigenvalue weighted by Crippen LogP contribution is -2.44. The number of rotatable bonds is 8. The summed E-state index contributed by atoms with van der Waals surface area (Å²) in [5, 5.41) is 9.67. The topological polar surface area (TPSA) is 127 Å². The van der Waals surface area contributed by atoms with E-state index in [0.717, 1.165) is 11.3 Å². The van der Waals surface area contributed by atoms with E-state index in [0.29, 0.717) is 19.0 Å². The van der Waals surface area contributed by atoms with Gasteiger partial charge in [-0.2, -0.15) is 0 Å². The molecule has 138 valence electrons. The van der Waals surface area contributed by atoms with Crippen molar-refractivity contribution in [3.63, 3.8) is 0 Å². The number of nitrogens with zero attached hydrogens (tertiary/aromatic N) is 1. The number of benzene rings is 1. The Bertz CT molecular complexity index is 647. The Morgan fingerprint density at radius 2 is 2.08 bits per heavy atom. The zero-order valence-electron chi connectivity index (χ0n) is 14.4. The fourth-order valence-electron chi connectivity index (χ4n) is 2.48. The van der Waals surface area contributed by atoms with Gasteiger partial charge in [0, 0.05) is 24.4 Å². The van der Waals surface area contributed by atoms with Crippen molar-refractivity contribution >= 4 is 39.3 Å². The molecule has 0 aromatic heterocycles. The van der Waals surface area contributed by atoms with Gasteiger partial charge in [0.05, 0.1) is 0 Å². The maximum atomic E-state index is 5.95. The van der Waals surface area contributed by atoms with Gasteiger partial charge < -0.3 is 22.5 Å². The number of aliphatic imine (C=N–C) groups is 1. The standard InChI is InChI=1S/C16H26BrN7S/c1-9-4-3-5-11(10(9)2)12-8-13(24-15(19)23-12)21-6-7-22-16(20)25-14(17)18/h3-5,8,13-14,16,21-22H,6-7,18,20H2,1-2H3,(H3,19,23,24). The minimum atomic E-state index is -0.223. The van der Waals surface area contributed by atoms with Gasteiger partial charge in [-0.3, -0.25) is 10.6 Å². The van der Waals surface area contributed by atoms with Gasteiger partial charge in [-0.05, 0) is 31.1 Å². The van der Waals surface area contributed by atoms with E-state index in [1.165, 1.54) is 22.9 Å². The highest BCUT2D eigenvalue weighted by Crippen LogP contribution is 2.21. The van der Waals surface area contributed by atoms with E-state index in [2.05, 4.69) is 62.9 Å². The zero-order valence-corrected chi connectivity index (χ0v) is 16.8. The second kappa shape index (κ2) is 9.56. The SMILES string of the molecule is Cc1cccc(C2=CC(NCCNC(N)SC(N)Br)N=C(N)N2)c1C. The molecule has 2 rings (SSSR count). The summed E-state index contributed by atoms with van der Waals surface area (Å²) in [6.45, 7) is 5.60. The number of guanidine groups is 1. The summed E-state index contributed by atoms with van der Waals surface area (Å²) in [6.07, 6.45) is 1.86. The van der Waals surface area contributed by atoms with Crippen LogP contribution < -0.4 is 33.2 Å². The summed E-state index contributed by atoms with van der Waals surface area (Å²) in [5.41, 5.74) is 21.8. The molecular formula is C16H26BrN7S. The third kappa shape index (κ3) is 6.28. The van der Waals surface area contributed by atoms with Crippen molar-refractivity contribution in [2.45, 2.75) is 29.8 Å². The highest BCUT2D eigenvalue weighted by atomic mass is 79.9. The molecule has 0 fully saturated rings. The monoisotopic (exact) mass is 427 g/mol. The lowest BCUT2D eigenvalue weighted by atomic mass is 10.00. The van der Waals surface area contributed by atoms with Crippen LogP contribution in [0.25, 0.3) is 5.70 Å². The molecule has 9 heteroatoms. The molecular weight excluding hydrogens is 402 g/mol. The number of nitrogens with one attached hydrogen (secondary N) is 3. The fourth-order valence-corrected chi connectivity index (χ4v) is 3.68. The van der Waals surface area contributed by atoms with Crippen LogP contribution in [0, 0.1) is 13.8 Å². The Kier molecular flexibility index (Phi) is 7.73. The van der Waals surface area contributed by atoms with Crippen LogP contribution in [-0.2, 0) is 0 Å². The summed E-state index contributed by atoms with van der Waals surface area (Å²) < 4.78 is -0.181. The first-order valence-electron chi connectivity index (χ1n) is 8.03. The molecule has 0 spiro atoms. The van der Waals surface area contributed by atoms with Gasteiger partial charge in [0.15, 0.2) is 5.96 Å². The Hall–Kier alpha value is -1.10. The molecule has 3 unspecified atom stereocenters. The van der Waals surface area contributed by atoms with E-state index in [9.17, 15) is 0 Å². The molecule has 9 N–H and O–H groups in total. The first kappa shape index (κ1) is 20.2. The van der Waals surface area contributed by atoms with E-state index < -0.39 is 0 Å². The van der Waals surface area contributed by atoms with Crippen molar-refractivity contribution in [2.24, 2.45) is 22.2 Å². The van der Waals surface area contributed by atoms with Crippen molar-refractivity contribution in [3.05, 3.63) is 41.0 Å². The van der Waals surface area contributed by atoms with Crippen molar-refractivity contribution in [1.82, 2.24) is 16.0 Å². The van der Waals surface area contributed by atoms with Crippen LogP contribution in [-0.4, -0.2) is 35.0 Å². The third-order valence-electron chi connectivity index (χ3n) is 3.86. The molecule has 1 aromatic rings. The van der Waals surface area contributed by atoms with Crippen molar-refractivity contribution in [2.75, 3.05) is 13.1 Å². The maximum absolute atomic E-state index is 5.95. The van der Waals surface area contributed by atoms with E-state index in [1.54, 1.807) is 0 Å². The third-order valence-corrected chi connectivity index (χ3v) is 5.23. The van der Waals surface area contributed by atoms with Gasteiger partial charge in [0.1, 0.15) is 15.9 Å². The van der Waals surface area contributed by atoms with Crippen LogP contribution in [0.1, 0.15) is 16.7 Å². The van der Waals surface area contributed by atoms with Crippen LogP contribution in [0.15, 0.2) is 29.3 Å². The van der Waals surface area contributed by atoms with Crippen LogP contribution in [0.3, 0.4) is 0 Å². The van der Waals surface area contributed by atoms with Gasteiger partial charge in [0.2, 0.25) is 0 Å². The number of alkyl halides is 1. The maximum Gasteiger partial charge on any atom is 0.195 e. The Morgan fingerprint density at radius 1 is 1.32 bits per heavy atom. The Balaban J connectivity index is 1.93. The predicted octanol–water partition coefficient (Wildman–Crippen LogP) is 0.680. The van der Waals surface area contributed by atoms with Crippen molar-refractivity contribution in [1.29, 1.82) is 0 Å². The van der Waals surface area contributed by atoms with Gasteiger partial charge in [-0.1, -0.05) is 45.9 Å². The van der Waals surface area contributed by atoms with Crippen LogP contribution in [0.4, 0.5) is 0 Å². The zero-order chi connectivity index (χ0) is 18.4. The lowest BCUT2D eigenvalue weighted by molar-refractivity contribution is 0.562. The first-order valence-corrected chi connectivity index (χ1v) is 9.89. The molecule has 0 saturated carbocycles. The Labute approximate surface area is 161 Å². The minimum absolute atomic E-state index is 0.180. The van der Waals surface area contributed by atoms with E-state index in [4.69, 9.17) is 17.2 Å².